The third-order valence-corrected chi connectivity index (χ3v) is 2.54. The Morgan fingerprint density at radius 2 is 1.50 bits per heavy atom. The summed E-state index contributed by atoms with van der Waals surface area (Å²) in [5.41, 5.74) is 0. The van der Waals surface area contributed by atoms with Crippen LogP contribution in [0.25, 0.3) is 0 Å². The largest absolute Gasteiger partial charge is 0.750 e. The Labute approximate surface area is 89.7 Å². The molecule has 0 aliphatic heterocycles. The van der Waals surface area contributed by atoms with Crippen molar-refractivity contribution in [3.05, 3.63) is 0 Å². The van der Waals surface area contributed by atoms with Gasteiger partial charge < -0.3 is 8.74 Å². The normalized spacial score (nSPS) is 13.0. The predicted octanol–water partition coefficient (Wildman–Crippen LogP) is 2.94. The van der Waals surface area contributed by atoms with Crippen LogP contribution in [-0.4, -0.2) is 15.4 Å². The van der Waals surface area contributed by atoms with Crippen LogP contribution in [0.3, 0.4) is 0 Å². The summed E-state index contributed by atoms with van der Waals surface area (Å²) in [6, 6.07) is 0. The maximum Gasteiger partial charge on any atom is 0.0842 e. The Kier molecular flexibility index (Phi) is 11.2. The Morgan fingerprint density at radius 3 is 2.00 bits per heavy atom. The molecule has 0 bridgehead atoms. The fraction of sp³-hybridized carbons (Fsp3) is 1.00. The lowest BCUT2D eigenvalue weighted by Crippen LogP contribution is -1.97. The SMILES string of the molecule is CCCCCCCCCCOS(=O)[O-]. The molecule has 0 amide bonds. The number of hydrogen-bond acceptors (Lipinski definition) is 3. The first-order valence-electron chi connectivity index (χ1n) is 5.50. The van der Waals surface area contributed by atoms with E-state index in [0.717, 1.165) is 12.8 Å². The zero-order valence-electron chi connectivity index (χ0n) is 9.00. The molecule has 14 heavy (non-hydrogen) atoms. The third-order valence-electron chi connectivity index (χ3n) is 2.18. The lowest BCUT2D eigenvalue weighted by molar-refractivity contribution is 0.290. The van der Waals surface area contributed by atoms with Crippen molar-refractivity contribution in [1.82, 2.24) is 0 Å². The number of hydrogen-bond donors (Lipinski definition) is 0. The lowest BCUT2D eigenvalue weighted by Gasteiger charge is -2.05. The van der Waals surface area contributed by atoms with E-state index in [9.17, 15) is 8.76 Å². The molecule has 0 saturated carbocycles. The van der Waals surface area contributed by atoms with Crippen LogP contribution in [0.4, 0.5) is 0 Å². The molecule has 0 aromatic carbocycles. The van der Waals surface area contributed by atoms with Crippen LogP contribution in [0.5, 0.6) is 0 Å². The molecular weight excluding hydrogens is 200 g/mol. The van der Waals surface area contributed by atoms with E-state index in [4.69, 9.17) is 0 Å². The topological polar surface area (TPSA) is 49.4 Å². The van der Waals surface area contributed by atoms with Crippen molar-refractivity contribution in [2.45, 2.75) is 58.3 Å². The fourth-order valence-corrected chi connectivity index (χ4v) is 1.62. The molecule has 1 atom stereocenters. The molecule has 0 spiro atoms. The van der Waals surface area contributed by atoms with E-state index in [0.29, 0.717) is 6.61 Å². The molecule has 0 N–H and O–H groups in total. The van der Waals surface area contributed by atoms with Gasteiger partial charge in [-0.15, -0.1) is 0 Å². The van der Waals surface area contributed by atoms with E-state index < -0.39 is 11.4 Å². The van der Waals surface area contributed by atoms with Gasteiger partial charge in [-0.1, -0.05) is 51.9 Å². The fourth-order valence-electron chi connectivity index (χ4n) is 1.36. The minimum absolute atomic E-state index is 0.338. The first-order valence-corrected chi connectivity index (χ1v) is 6.50. The summed E-state index contributed by atoms with van der Waals surface area (Å²) in [5.74, 6) is 0. The standard InChI is InChI=1S/C10H22O3S/c1-2-3-4-5-6-7-8-9-10-13-14(11)12/h2-10H2,1H3,(H,11,12)/p-1. The summed E-state index contributed by atoms with van der Waals surface area (Å²) in [6.07, 6.45) is 9.63. The van der Waals surface area contributed by atoms with Gasteiger partial charge in [0.25, 0.3) is 0 Å². The van der Waals surface area contributed by atoms with Gasteiger partial charge in [0.05, 0.1) is 18.0 Å². The summed E-state index contributed by atoms with van der Waals surface area (Å²) in [4.78, 5) is 0. The second-order valence-electron chi connectivity index (χ2n) is 3.50. The minimum atomic E-state index is -2.33. The molecule has 0 aromatic rings. The van der Waals surface area contributed by atoms with Crippen molar-refractivity contribution < 1.29 is 12.9 Å². The van der Waals surface area contributed by atoms with Crippen LogP contribution in [0.2, 0.25) is 0 Å². The number of unbranched alkanes of at least 4 members (excludes halogenated alkanes) is 7. The zero-order valence-corrected chi connectivity index (χ0v) is 9.81. The molecule has 0 radical (unpaired) electrons. The van der Waals surface area contributed by atoms with Crippen LogP contribution in [-0.2, 0) is 15.5 Å². The maximum absolute atomic E-state index is 9.98. The van der Waals surface area contributed by atoms with Gasteiger partial charge in [-0.3, -0.25) is 0 Å². The van der Waals surface area contributed by atoms with E-state index in [-0.39, 0.29) is 0 Å². The summed E-state index contributed by atoms with van der Waals surface area (Å²) in [5, 5.41) is 0. The molecule has 0 aliphatic rings. The highest BCUT2D eigenvalue weighted by Gasteiger charge is 1.91. The smallest absolute Gasteiger partial charge is 0.0842 e. The van der Waals surface area contributed by atoms with E-state index in [1.54, 1.807) is 0 Å². The van der Waals surface area contributed by atoms with E-state index >= 15 is 0 Å². The maximum atomic E-state index is 9.98. The Balaban J connectivity index is 2.88. The van der Waals surface area contributed by atoms with Crippen molar-refractivity contribution in [3.8, 4) is 0 Å². The Hall–Kier alpha value is 0.0700. The van der Waals surface area contributed by atoms with Crippen molar-refractivity contribution >= 4 is 11.4 Å². The average molecular weight is 221 g/mol. The van der Waals surface area contributed by atoms with E-state index in [1.807, 2.05) is 0 Å². The second kappa shape index (κ2) is 11.1. The highest BCUT2D eigenvalue weighted by atomic mass is 32.2. The highest BCUT2D eigenvalue weighted by Crippen LogP contribution is 2.08. The van der Waals surface area contributed by atoms with Crippen molar-refractivity contribution in [2.75, 3.05) is 6.61 Å². The minimum Gasteiger partial charge on any atom is -0.750 e. The molecule has 0 fully saturated rings. The molecule has 0 rings (SSSR count). The zero-order chi connectivity index (χ0) is 10.6. The molecular formula is C10H21O3S-. The Morgan fingerprint density at radius 1 is 1.00 bits per heavy atom. The Bertz CT molecular complexity index is 139. The lowest BCUT2D eigenvalue weighted by atomic mass is 10.1. The van der Waals surface area contributed by atoms with Gasteiger partial charge in [0.2, 0.25) is 0 Å². The van der Waals surface area contributed by atoms with Crippen LogP contribution in [0, 0.1) is 0 Å². The molecule has 0 aromatic heterocycles. The van der Waals surface area contributed by atoms with Gasteiger partial charge in [0, 0.05) is 0 Å². The van der Waals surface area contributed by atoms with Gasteiger partial charge >= 0.3 is 0 Å². The van der Waals surface area contributed by atoms with Gasteiger partial charge in [0.15, 0.2) is 0 Å². The van der Waals surface area contributed by atoms with Gasteiger partial charge in [0.1, 0.15) is 0 Å². The van der Waals surface area contributed by atoms with Crippen LogP contribution in [0.15, 0.2) is 0 Å². The molecule has 4 heteroatoms. The van der Waals surface area contributed by atoms with Gasteiger partial charge in [-0.2, -0.15) is 0 Å². The molecule has 1 unspecified atom stereocenters. The molecule has 0 aliphatic carbocycles. The molecule has 0 heterocycles. The van der Waals surface area contributed by atoms with Gasteiger partial charge in [-0.05, 0) is 6.42 Å². The summed E-state index contributed by atoms with van der Waals surface area (Å²) in [6.45, 7) is 2.55. The second-order valence-corrected chi connectivity index (χ2v) is 4.14. The molecule has 0 saturated heterocycles. The van der Waals surface area contributed by atoms with Crippen molar-refractivity contribution in [2.24, 2.45) is 0 Å². The number of rotatable bonds is 10. The van der Waals surface area contributed by atoms with E-state index in [2.05, 4.69) is 11.1 Å². The molecule has 3 nitrogen and oxygen atoms in total. The first kappa shape index (κ1) is 14.1. The average Bonchev–Trinajstić information content (AvgIpc) is 2.15. The summed E-state index contributed by atoms with van der Waals surface area (Å²) < 4.78 is 24.4. The quantitative estimate of drug-likeness (QED) is 0.421. The highest BCUT2D eigenvalue weighted by molar-refractivity contribution is 7.74. The summed E-state index contributed by atoms with van der Waals surface area (Å²) in [7, 11) is 0. The molecule has 86 valence electrons. The summed E-state index contributed by atoms with van der Waals surface area (Å²) >= 11 is -2.33. The van der Waals surface area contributed by atoms with Crippen molar-refractivity contribution in [3.63, 3.8) is 0 Å². The van der Waals surface area contributed by atoms with Gasteiger partial charge in [-0.25, -0.2) is 4.21 Å². The third kappa shape index (κ3) is 12.1. The van der Waals surface area contributed by atoms with Crippen LogP contribution < -0.4 is 0 Å². The van der Waals surface area contributed by atoms with E-state index in [1.165, 1.54) is 38.5 Å². The van der Waals surface area contributed by atoms with Crippen molar-refractivity contribution in [1.29, 1.82) is 0 Å². The first-order chi connectivity index (χ1) is 6.77. The predicted molar refractivity (Wildman–Crippen MR) is 57.5 cm³/mol. The van der Waals surface area contributed by atoms with Crippen LogP contribution >= 0.6 is 0 Å². The van der Waals surface area contributed by atoms with Crippen LogP contribution in [0.1, 0.15) is 58.3 Å². The monoisotopic (exact) mass is 221 g/mol.